The number of benzene rings is 1. The summed E-state index contributed by atoms with van der Waals surface area (Å²) in [6.45, 7) is 8.52. The van der Waals surface area contributed by atoms with Crippen molar-refractivity contribution in [2.75, 3.05) is 0 Å². The van der Waals surface area contributed by atoms with Crippen LogP contribution in [0.25, 0.3) is 6.08 Å². The SMILES string of the molecule is CC(C)=C/C(C)=C\c1ccccc1C. The summed E-state index contributed by atoms with van der Waals surface area (Å²) in [4.78, 5) is 0. The lowest BCUT2D eigenvalue weighted by Gasteiger charge is -2.00. The number of allylic oxidation sites excluding steroid dienone is 3. The van der Waals surface area contributed by atoms with E-state index in [-0.39, 0.29) is 0 Å². The van der Waals surface area contributed by atoms with Crippen LogP contribution in [0.3, 0.4) is 0 Å². The molecular weight excluding hydrogens is 168 g/mol. The molecule has 74 valence electrons. The highest BCUT2D eigenvalue weighted by atomic mass is 14.0. The second kappa shape index (κ2) is 4.80. The summed E-state index contributed by atoms with van der Waals surface area (Å²) < 4.78 is 0. The molecule has 1 aromatic rings. The molecular formula is C14H18. The fourth-order valence-corrected chi connectivity index (χ4v) is 1.49. The van der Waals surface area contributed by atoms with E-state index < -0.39 is 0 Å². The zero-order valence-electron chi connectivity index (χ0n) is 9.46. The van der Waals surface area contributed by atoms with Gasteiger partial charge in [-0.15, -0.1) is 0 Å². The van der Waals surface area contributed by atoms with E-state index in [1.807, 2.05) is 0 Å². The van der Waals surface area contributed by atoms with Crippen LogP contribution < -0.4 is 0 Å². The summed E-state index contributed by atoms with van der Waals surface area (Å²) in [6.07, 6.45) is 4.43. The predicted octanol–water partition coefficient (Wildman–Crippen LogP) is 4.36. The van der Waals surface area contributed by atoms with Crippen LogP contribution in [0.2, 0.25) is 0 Å². The van der Waals surface area contributed by atoms with Crippen molar-refractivity contribution in [1.82, 2.24) is 0 Å². The van der Waals surface area contributed by atoms with Crippen LogP contribution in [0.1, 0.15) is 31.9 Å². The summed E-state index contributed by atoms with van der Waals surface area (Å²) in [7, 11) is 0. The van der Waals surface area contributed by atoms with E-state index in [2.05, 4.69) is 64.1 Å². The van der Waals surface area contributed by atoms with E-state index in [9.17, 15) is 0 Å². The Labute approximate surface area is 87.0 Å². The highest BCUT2D eigenvalue weighted by Gasteiger charge is 1.92. The van der Waals surface area contributed by atoms with Crippen molar-refractivity contribution in [1.29, 1.82) is 0 Å². The largest absolute Gasteiger partial charge is 0.0762 e. The Morgan fingerprint density at radius 3 is 2.29 bits per heavy atom. The Balaban J connectivity index is 2.98. The Morgan fingerprint density at radius 1 is 1.07 bits per heavy atom. The van der Waals surface area contributed by atoms with Crippen LogP contribution in [0, 0.1) is 6.92 Å². The molecule has 0 aromatic heterocycles. The van der Waals surface area contributed by atoms with Gasteiger partial charge in [0.1, 0.15) is 0 Å². The minimum atomic E-state index is 1.30. The highest BCUT2D eigenvalue weighted by Crippen LogP contribution is 2.13. The van der Waals surface area contributed by atoms with Gasteiger partial charge >= 0.3 is 0 Å². The standard InChI is InChI=1S/C14H18/c1-11(2)9-12(3)10-14-8-6-5-7-13(14)4/h5-10H,1-4H3/b12-10-. The number of rotatable bonds is 2. The van der Waals surface area contributed by atoms with Crippen LogP contribution in [0.4, 0.5) is 0 Å². The van der Waals surface area contributed by atoms with E-state index in [1.54, 1.807) is 0 Å². The van der Waals surface area contributed by atoms with Gasteiger partial charge in [0.25, 0.3) is 0 Å². The summed E-state index contributed by atoms with van der Waals surface area (Å²) in [5, 5.41) is 0. The van der Waals surface area contributed by atoms with Gasteiger partial charge in [0.2, 0.25) is 0 Å². The molecule has 0 atom stereocenters. The maximum atomic E-state index is 2.22. The van der Waals surface area contributed by atoms with Gasteiger partial charge in [0, 0.05) is 0 Å². The molecule has 0 radical (unpaired) electrons. The molecule has 0 saturated heterocycles. The normalized spacial score (nSPS) is 11.3. The van der Waals surface area contributed by atoms with Crippen molar-refractivity contribution in [2.45, 2.75) is 27.7 Å². The average Bonchev–Trinajstić information content (AvgIpc) is 2.07. The summed E-state index contributed by atoms with van der Waals surface area (Å²) >= 11 is 0. The molecule has 0 heterocycles. The molecule has 1 aromatic carbocycles. The van der Waals surface area contributed by atoms with Crippen LogP contribution in [-0.2, 0) is 0 Å². The Bertz CT molecular complexity index is 363. The molecule has 14 heavy (non-hydrogen) atoms. The van der Waals surface area contributed by atoms with E-state index in [0.29, 0.717) is 0 Å². The van der Waals surface area contributed by atoms with Gasteiger partial charge in [-0.25, -0.2) is 0 Å². The lowest BCUT2D eigenvalue weighted by molar-refractivity contribution is 1.35. The van der Waals surface area contributed by atoms with E-state index in [0.717, 1.165) is 0 Å². The number of aryl methyl sites for hydroxylation is 1. The van der Waals surface area contributed by atoms with E-state index >= 15 is 0 Å². The smallest absolute Gasteiger partial charge is 0.0225 e. The number of hydrogen-bond donors (Lipinski definition) is 0. The maximum absolute atomic E-state index is 2.22. The Kier molecular flexibility index (Phi) is 3.70. The Morgan fingerprint density at radius 2 is 1.71 bits per heavy atom. The van der Waals surface area contributed by atoms with Gasteiger partial charge in [0.15, 0.2) is 0 Å². The quantitative estimate of drug-likeness (QED) is 0.602. The summed E-state index contributed by atoms with van der Waals surface area (Å²) in [5.41, 5.74) is 5.28. The van der Waals surface area contributed by atoms with Crippen molar-refractivity contribution in [3.8, 4) is 0 Å². The minimum absolute atomic E-state index is 1.30. The fourth-order valence-electron chi connectivity index (χ4n) is 1.49. The highest BCUT2D eigenvalue weighted by molar-refractivity contribution is 5.58. The molecule has 0 nitrogen and oxygen atoms in total. The van der Waals surface area contributed by atoms with Crippen molar-refractivity contribution in [2.24, 2.45) is 0 Å². The number of hydrogen-bond acceptors (Lipinski definition) is 0. The summed E-state index contributed by atoms with van der Waals surface area (Å²) in [5.74, 6) is 0. The van der Waals surface area contributed by atoms with E-state index in [4.69, 9.17) is 0 Å². The van der Waals surface area contributed by atoms with Crippen molar-refractivity contribution in [3.63, 3.8) is 0 Å². The molecule has 0 aliphatic heterocycles. The molecule has 0 aliphatic carbocycles. The van der Waals surface area contributed by atoms with Crippen LogP contribution in [0.5, 0.6) is 0 Å². The van der Waals surface area contributed by atoms with Gasteiger partial charge in [-0.3, -0.25) is 0 Å². The molecule has 0 N–H and O–H groups in total. The first-order valence-electron chi connectivity index (χ1n) is 4.98. The first-order chi connectivity index (χ1) is 6.59. The average molecular weight is 186 g/mol. The van der Waals surface area contributed by atoms with Crippen molar-refractivity contribution in [3.05, 3.63) is 52.6 Å². The molecule has 0 unspecified atom stereocenters. The Hall–Kier alpha value is -1.30. The molecule has 0 fully saturated rings. The second-order valence-electron chi connectivity index (χ2n) is 3.97. The zero-order valence-corrected chi connectivity index (χ0v) is 9.46. The first-order valence-corrected chi connectivity index (χ1v) is 4.98. The van der Waals surface area contributed by atoms with Gasteiger partial charge in [-0.1, -0.05) is 47.6 Å². The second-order valence-corrected chi connectivity index (χ2v) is 3.97. The van der Waals surface area contributed by atoms with Crippen LogP contribution >= 0.6 is 0 Å². The van der Waals surface area contributed by atoms with Crippen LogP contribution in [-0.4, -0.2) is 0 Å². The molecule has 0 saturated carbocycles. The lowest BCUT2D eigenvalue weighted by Crippen LogP contribution is -1.80. The van der Waals surface area contributed by atoms with E-state index in [1.165, 1.54) is 22.3 Å². The molecule has 1 rings (SSSR count). The first kappa shape index (κ1) is 10.8. The third-order valence-electron chi connectivity index (χ3n) is 2.09. The predicted molar refractivity (Wildman–Crippen MR) is 64.3 cm³/mol. The van der Waals surface area contributed by atoms with Gasteiger partial charge in [0.05, 0.1) is 0 Å². The lowest BCUT2D eigenvalue weighted by atomic mass is 10.1. The maximum Gasteiger partial charge on any atom is -0.0225 e. The molecule has 0 amide bonds. The monoisotopic (exact) mass is 186 g/mol. The molecule has 0 spiro atoms. The van der Waals surface area contributed by atoms with Crippen molar-refractivity contribution >= 4 is 6.08 Å². The van der Waals surface area contributed by atoms with Crippen molar-refractivity contribution < 1.29 is 0 Å². The third kappa shape index (κ3) is 3.21. The van der Waals surface area contributed by atoms with Gasteiger partial charge in [-0.05, 0) is 38.8 Å². The topological polar surface area (TPSA) is 0 Å². The zero-order chi connectivity index (χ0) is 10.6. The molecule has 0 heteroatoms. The van der Waals surface area contributed by atoms with Crippen LogP contribution in [0.15, 0.2) is 41.5 Å². The minimum Gasteiger partial charge on any atom is -0.0762 e. The molecule has 0 aliphatic rings. The molecule has 0 bridgehead atoms. The van der Waals surface area contributed by atoms with Gasteiger partial charge < -0.3 is 0 Å². The fraction of sp³-hybridized carbons (Fsp3) is 0.286. The summed E-state index contributed by atoms with van der Waals surface area (Å²) in [6, 6.07) is 8.44. The van der Waals surface area contributed by atoms with Gasteiger partial charge in [-0.2, -0.15) is 0 Å². The third-order valence-corrected chi connectivity index (χ3v) is 2.09.